The minimum atomic E-state index is 0.0448. The molecule has 2 aliphatic heterocycles. The largest absolute Gasteiger partial charge is 0.340 e. The van der Waals surface area contributed by atoms with Crippen molar-refractivity contribution in [2.45, 2.75) is 25.7 Å². The van der Waals surface area contributed by atoms with Gasteiger partial charge >= 0.3 is 0 Å². The molecule has 1 unspecified atom stereocenters. The highest BCUT2D eigenvalue weighted by Crippen LogP contribution is 2.41. The van der Waals surface area contributed by atoms with Crippen LogP contribution in [0.4, 0.5) is 11.5 Å². The highest BCUT2D eigenvalue weighted by Gasteiger charge is 2.46. The van der Waals surface area contributed by atoms with Crippen molar-refractivity contribution in [3.05, 3.63) is 90.0 Å². The Morgan fingerprint density at radius 1 is 0.971 bits per heavy atom. The van der Waals surface area contributed by atoms with Crippen molar-refractivity contribution in [2.24, 2.45) is 33.4 Å². The summed E-state index contributed by atoms with van der Waals surface area (Å²) in [7, 11) is 0. The van der Waals surface area contributed by atoms with E-state index in [1.807, 2.05) is 48.8 Å². The van der Waals surface area contributed by atoms with Crippen molar-refractivity contribution in [1.29, 1.82) is 0 Å². The van der Waals surface area contributed by atoms with Crippen LogP contribution < -0.4 is 16.9 Å². The molecule has 1 aromatic heterocycles. The lowest BCUT2D eigenvalue weighted by Crippen LogP contribution is -2.53. The molecule has 0 bridgehead atoms. The van der Waals surface area contributed by atoms with Gasteiger partial charge in [-0.3, -0.25) is 4.99 Å². The van der Waals surface area contributed by atoms with E-state index < -0.39 is 0 Å². The maximum absolute atomic E-state index is 6.99. The summed E-state index contributed by atoms with van der Waals surface area (Å²) in [5.41, 5.74) is 10.8. The third kappa shape index (κ3) is 3.97. The Kier molecular flexibility index (Phi) is 5.53. The molecule has 6 rings (SSSR count). The number of nitrogens with one attached hydrogen (secondary N) is 1. The van der Waals surface area contributed by atoms with Crippen LogP contribution in [-0.4, -0.2) is 28.2 Å². The first-order valence-electron chi connectivity index (χ1n) is 12.3. The molecule has 2 aromatic carbocycles. The summed E-state index contributed by atoms with van der Waals surface area (Å²) in [5.74, 6) is 9.59. The summed E-state index contributed by atoms with van der Waals surface area (Å²) >= 11 is 0. The fraction of sp³-hybridized carbons (Fsp3) is 0.250. The topological polar surface area (TPSA) is 102 Å². The van der Waals surface area contributed by atoms with Crippen LogP contribution in [0.15, 0.2) is 94.4 Å². The lowest BCUT2D eigenvalue weighted by molar-refractivity contribution is -0.750. The Balaban J connectivity index is 1.36. The van der Waals surface area contributed by atoms with Gasteiger partial charge in [0, 0.05) is 17.0 Å². The Morgan fingerprint density at radius 2 is 1.77 bits per heavy atom. The number of nitrogens with two attached hydrogens (primary N) is 2. The number of quaternary nitrogens is 1. The zero-order valence-electron chi connectivity index (χ0n) is 19.6. The smallest absolute Gasteiger partial charge is 0.264 e. The van der Waals surface area contributed by atoms with E-state index in [4.69, 9.17) is 21.6 Å². The fourth-order valence-corrected chi connectivity index (χ4v) is 5.37. The van der Waals surface area contributed by atoms with Crippen LogP contribution in [0.2, 0.25) is 0 Å². The number of anilines is 2. The first kappa shape index (κ1) is 21.9. The summed E-state index contributed by atoms with van der Waals surface area (Å²) in [6.07, 6.45) is 9.99. The first-order chi connectivity index (χ1) is 17.1. The van der Waals surface area contributed by atoms with Gasteiger partial charge in [0.2, 0.25) is 5.70 Å². The number of rotatable bonds is 5. The number of pyridine rings is 1. The van der Waals surface area contributed by atoms with Gasteiger partial charge in [0.05, 0.1) is 23.5 Å². The van der Waals surface area contributed by atoms with Crippen molar-refractivity contribution >= 4 is 34.5 Å². The minimum Gasteiger partial charge on any atom is -0.340 e. The van der Waals surface area contributed by atoms with Crippen molar-refractivity contribution in [1.82, 2.24) is 4.98 Å². The monoisotopic (exact) mass is 464 g/mol. The van der Waals surface area contributed by atoms with Gasteiger partial charge in [-0.1, -0.05) is 24.3 Å². The zero-order chi connectivity index (χ0) is 23.8. The van der Waals surface area contributed by atoms with E-state index in [2.05, 4.69) is 34.6 Å². The van der Waals surface area contributed by atoms with Crippen LogP contribution in [0.3, 0.4) is 0 Å². The molecule has 35 heavy (non-hydrogen) atoms. The molecular formula is C28H30N7+. The summed E-state index contributed by atoms with van der Waals surface area (Å²) in [6, 6.07) is 20.4. The molecule has 1 atom stereocenters. The first-order valence-corrected chi connectivity index (χ1v) is 12.3. The number of hydrogen-bond acceptors (Lipinski definition) is 6. The quantitative estimate of drug-likeness (QED) is 0.367. The second-order valence-electron chi connectivity index (χ2n) is 9.61. The van der Waals surface area contributed by atoms with Crippen molar-refractivity contribution in [3.63, 3.8) is 0 Å². The molecule has 3 aliphatic rings. The molecular weight excluding hydrogens is 434 g/mol. The lowest BCUT2D eigenvalue weighted by atomic mass is 9.80. The van der Waals surface area contributed by atoms with E-state index in [1.54, 1.807) is 6.20 Å². The minimum absolute atomic E-state index is 0.0448. The predicted molar refractivity (Wildman–Crippen MR) is 142 cm³/mol. The van der Waals surface area contributed by atoms with Crippen LogP contribution >= 0.6 is 0 Å². The van der Waals surface area contributed by atoms with Crippen molar-refractivity contribution < 1.29 is 4.59 Å². The Labute approximate surface area is 205 Å². The van der Waals surface area contributed by atoms with Crippen molar-refractivity contribution in [2.75, 3.05) is 11.9 Å². The second kappa shape index (κ2) is 8.85. The average Bonchev–Trinajstić information content (AvgIpc) is 3.22. The normalized spacial score (nSPS) is 25.6. The fourth-order valence-electron chi connectivity index (χ4n) is 5.37. The summed E-state index contributed by atoms with van der Waals surface area (Å²) in [4.78, 5) is 14.4. The van der Waals surface area contributed by atoms with Crippen LogP contribution in [-0.2, 0) is 0 Å². The summed E-state index contributed by atoms with van der Waals surface area (Å²) in [5, 5.41) is 4.45. The number of allylic oxidation sites excluding steroid dienone is 2. The maximum Gasteiger partial charge on any atom is 0.264 e. The molecule has 0 saturated heterocycles. The predicted octanol–water partition coefficient (Wildman–Crippen LogP) is 4.96. The van der Waals surface area contributed by atoms with Crippen LogP contribution in [0.5, 0.6) is 0 Å². The van der Waals surface area contributed by atoms with Gasteiger partial charge < -0.3 is 11.1 Å². The molecule has 0 radical (unpaired) electrons. The molecule has 7 nitrogen and oxygen atoms in total. The van der Waals surface area contributed by atoms with E-state index in [-0.39, 0.29) is 4.59 Å². The molecule has 3 heterocycles. The lowest BCUT2D eigenvalue weighted by Gasteiger charge is -2.29. The molecule has 3 aromatic rings. The molecule has 1 fully saturated rings. The third-order valence-corrected chi connectivity index (χ3v) is 7.39. The van der Waals surface area contributed by atoms with Gasteiger partial charge in [0.25, 0.3) is 5.84 Å². The summed E-state index contributed by atoms with van der Waals surface area (Å²) < 4.78 is 0.0448. The molecule has 176 valence electrons. The van der Waals surface area contributed by atoms with Crippen LogP contribution in [0.25, 0.3) is 10.9 Å². The zero-order valence-corrected chi connectivity index (χ0v) is 19.6. The second-order valence-corrected chi connectivity index (χ2v) is 9.61. The number of para-hydroxylation sites is 1. The number of nitrogens with zero attached hydrogens (tertiary/aromatic N) is 4. The average molecular weight is 465 g/mol. The van der Waals surface area contributed by atoms with E-state index in [0.29, 0.717) is 11.8 Å². The van der Waals surface area contributed by atoms with Gasteiger partial charge in [-0.2, -0.15) is 10.8 Å². The molecule has 5 N–H and O–H groups in total. The molecule has 0 amide bonds. The van der Waals surface area contributed by atoms with Gasteiger partial charge in [0.15, 0.2) is 0 Å². The number of fused-ring (bicyclic) bond motifs is 2. The van der Waals surface area contributed by atoms with E-state index in [1.165, 1.54) is 0 Å². The third-order valence-electron chi connectivity index (χ3n) is 7.39. The highest BCUT2D eigenvalue weighted by molar-refractivity contribution is 6.02. The van der Waals surface area contributed by atoms with E-state index in [9.17, 15) is 0 Å². The van der Waals surface area contributed by atoms with E-state index in [0.717, 1.165) is 77.4 Å². The van der Waals surface area contributed by atoms with Gasteiger partial charge in [-0.25, -0.2) is 4.98 Å². The number of benzene rings is 2. The van der Waals surface area contributed by atoms with E-state index >= 15 is 0 Å². The Morgan fingerprint density at radius 3 is 2.57 bits per heavy atom. The Hall–Kier alpha value is -3.65. The molecule has 7 heteroatoms. The van der Waals surface area contributed by atoms with Crippen molar-refractivity contribution in [3.8, 4) is 0 Å². The SMILES string of the molecule is NCC1CCC(C2=C3C=NC=C[N+]3(N)C(c3ccc4ccc(Nc5ccccc5)nc4c3)=N2)CC1. The molecule has 0 spiro atoms. The Bertz CT molecular complexity index is 1380. The maximum atomic E-state index is 6.99. The number of hydrogen-bond donors (Lipinski definition) is 3. The highest BCUT2D eigenvalue weighted by atomic mass is 15.6. The molecule has 1 saturated carbocycles. The number of aromatic nitrogens is 1. The number of amidine groups is 1. The number of aliphatic imine (C=N–C) groups is 2. The molecule has 1 aliphatic carbocycles. The van der Waals surface area contributed by atoms with Gasteiger partial charge in [0.1, 0.15) is 17.7 Å². The van der Waals surface area contributed by atoms with Crippen LogP contribution in [0, 0.1) is 11.8 Å². The van der Waals surface area contributed by atoms with Crippen LogP contribution in [0.1, 0.15) is 31.2 Å². The van der Waals surface area contributed by atoms with Gasteiger partial charge in [-0.05, 0) is 74.5 Å². The van der Waals surface area contributed by atoms with Gasteiger partial charge in [-0.15, -0.1) is 4.59 Å². The summed E-state index contributed by atoms with van der Waals surface area (Å²) in [6.45, 7) is 0.763. The standard InChI is InChI=1S/C28H30N7/c29-17-19-6-8-21(9-7-19)27-25-18-31-14-15-35(25,30)28(34-27)22-11-10-20-12-13-26(33-24(20)16-22)32-23-4-2-1-3-5-23/h1-5,10-16,18-19,21H,6-9,17,29-30H2,(H,32,33)/q+1.